The number of amides is 1. The zero-order valence-corrected chi connectivity index (χ0v) is 22.4. The Balaban J connectivity index is 1.53. The number of nitrogens with zero attached hydrogens (tertiary/aromatic N) is 2. The third-order valence-corrected chi connectivity index (χ3v) is 5.81. The van der Waals surface area contributed by atoms with E-state index in [2.05, 4.69) is 5.10 Å². The van der Waals surface area contributed by atoms with Crippen LogP contribution in [0.3, 0.4) is 0 Å². The van der Waals surface area contributed by atoms with Gasteiger partial charge in [0.15, 0.2) is 0 Å². The largest absolute Gasteiger partial charge is 0.459 e. The van der Waals surface area contributed by atoms with Crippen LogP contribution in [-0.2, 0) is 14.3 Å². The fraction of sp³-hybridized carbons (Fsp3) is 0.241. The van der Waals surface area contributed by atoms with E-state index in [-0.39, 0.29) is 34.7 Å². The van der Waals surface area contributed by atoms with Crippen molar-refractivity contribution in [2.24, 2.45) is 5.10 Å². The Bertz CT molecular complexity index is 1450. The Hall–Kier alpha value is -4.17. The second-order valence-electron chi connectivity index (χ2n) is 9.21. The fourth-order valence-electron chi connectivity index (χ4n) is 3.72. The first-order chi connectivity index (χ1) is 18.0. The number of rotatable bonds is 7. The molecule has 0 spiro atoms. The molecule has 0 saturated heterocycles. The Morgan fingerprint density at radius 1 is 0.947 bits per heavy atom. The molecule has 1 aliphatic heterocycles. The number of halogens is 1. The molecule has 38 heavy (non-hydrogen) atoms. The molecule has 0 fully saturated rings. The van der Waals surface area contributed by atoms with Crippen molar-refractivity contribution in [1.82, 2.24) is 0 Å². The Kier molecular flexibility index (Phi) is 7.83. The molecule has 2 aromatic carbocycles. The van der Waals surface area contributed by atoms with Crippen molar-refractivity contribution >= 4 is 46.9 Å². The molecule has 0 saturated carbocycles. The lowest BCUT2D eigenvalue weighted by atomic mass is 10.1. The predicted molar refractivity (Wildman–Crippen MR) is 145 cm³/mol. The van der Waals surface area contributed by atoms with Crippen LogP contribution >= 0.6 is 11.6 Å². The number of benzene rings is 2. The minimum Gasteiger partial charge on any atom is -0.459 e. The summed E-state index contributed by atoms with van der Waals surface area (Å²) in [7, 11) is 0. The van der Waals surface area contributed by atoms with E-state index < -0.39 is 5.97 Å². The second-order valence-corrected chi connectivity index (χ2v) is 9.62. The predicted octanol–water partition coefficient (Wildman–Crippen LogP) is 6.54. The van der Waals surface area contributed by atoms with Gasteiger partial charge in [-0.25, -0.2) is 9.59 Å². The number of ether oxygens (including phenoxy) is 2. The molecule has 196 valence electrons. The van der Waals surface area contributed by atoms with Gasteiger partial charge in [-0.05, 0) is 83.2 Å². The van der Waals surface area contributed by atoms with Crippen LogP contribution in [0.15, 0.2) is 69.7 Å². The molecule has 0 bridgehead atoms. The molecule has 0 unspecified atom stereocenters. The highest BCUT2D eigenvalue weighted by molar-refractivity contribution is 6.34. The SMILES string of the molecule is CC1=NN(c2ccc(Cl)c(C(=O)OC(C)C)c2)C(=O)/C1=C\c1ccc(-c2ccc(C(=O)OC(C)C)cc2)o1. The maximum absolute atomic E-state index is 13.2. The molecular weight excluding hydrogens is 508 g/mol. The lowest BCUT2D eigenvalue weighted by molar-refractivity contribution is -0.114. The second kappa shape index (κ2) is 11.1. The lowest BCUT2D eigenvalue weighted by Gasteiger charge is -2.14. The molecule has 0 N–H and O–H groups in total. The highest BCUT2D eigenvalue weighted by Gasteiger charge is 2.30. The third kappa shape index (κ3) is 5.86. The van der Waals surface area contributed by atoms with Crippen molar-refractivity contribution in [2.45, 2.75) is 46.8 Å². The summed E-state index contributed by atoms with van der Waals surface area (Å²) in [6.07, 6.45) is 1.10. The molecule has 0 radical (unpaired) electrons. The Labute approximate surface area is 225 Å². The first-order valence-electron chi connectivity index (χ1n) is 12.1. The molecule has 0 atom stereocenters. The molecule has 1 aliphatic rings. The van der Waals surface area contributed by atoms with Gasteiger partial charge >= 0.3 is 11.9 Å². The maximum atomic E-state index is 13.2. The topological polar surface area (TPSA) is 98.4 Å². The minimum absolute atomic E-state index is 0.148. The zero-order chi connectivity index (χ0) is 27.6. The van der Waals surface area contributed by atoms with E-state index in [1.807, 2.05) is 0 Å². The van der Waals surface area contributed by atoms with Crippen molar-refractivity contribution in [1.29, 1.82) is 0 Å². The van der Waals surface area contributed by atoms with E-state index in [4.69, 9.17) is 25.5 Å². The molecule has 1 amide bonds. The maximum Gasteiger partial charge on any atom is 0.339 e. The number of anilines is 1. The van der Waals surface area contributed by atoms with Crippen LogP contribution in [0.2, 0.25) is 5.02 Å². The summed E-state index contributed by atoms with van der Waals surface area (Å²) in [5.41, 5.74) is 2.58. The molecule has 0 aliphatic carbocycles. The zero-order valence-electron chi connectivity index (χ0n) is 21.7. The first-order valence-corrected chi connectivity index (χ1v) is 12.4. The molecule has 2 heterocycles. The number of hydrogen-bond donors (Lipinski definition) is 0. The number of carbonyl (C=O) groups is 3. The van der Waals surface area contributed by atoms with E-state index in [1.54, 1.807) is 83.2 Å². The van der Waals surface area contributed by atoms with Gasteiger partial charge in [-0.2, -0.15) is 10.1 Å². The summed E-state index contributed by atoms with van der Waals surface area (Å²) in [5.74, 6) is -0.314. The monoisotopic (exact) mass is 534 g/mol. The summed E-state index contributed by atoms with van der Waals surface area (Å²) in [6.45, 7) is 8.78. The molecule has 8 nitrogen and oxygen atoms in total. The number of hydrogen-bond acceptors (Lipinski definition) is 7. The fourth-order valence-corrected chi connectivity index (χ4v) is 3.91. The van der Waals surface area contributed by atoms with Gasteiger partial charge in [0.05, 0.1) is 45.3 Å². The van der Waals surface area contributed by atoms with E-state index in [0.717, 1.165) is 5.56 Å². The summed E-state index contributed by atoms with van der Waals surface area (Å²) in [5, 5.41) is 5.80. The van der Waals surface area contributed by atoms with Crippen LogP contribution in [-0.4, -0.2) is 35.8 Å². The highest BCUT2D eigenvalue weighted by Crippen LogP contribution is 2.30. The standard InChI is InChI=1S/C29H27ClN2O6/c1-16(2)36-28(34)20-8-6-19(7-9-20)26-13-11-22(38-26)15-23-18(5)31-32(27(23)33)21-10-12-25(30)24(14-21)29(35)37-17(3)4/h6-17H,1-5H3/b23-15-. The molecular formula is C29H27ClN2O6. The molecule has 3 aromatic rings. The summed E-state index contributed by atoms with van der Waals surface area (Å²) < 4.78 is 16.4. The van der Waals surface area contributed by atoms with E-state index in [0.29, 0.717) is 34.1 Å². The summed E-state index contributed by atoms with van der Waals surface area (Å²) in [4.78, 5) is 37.7. The van der Waals surface area contributed by atoms with Gasteiger partial charge in [0, 0.05) is 5.56 Å². The van der Waals surface area contributed by atoms with Gasteiger partial charge < -0.3 is 13.9 Å². The smallest absolute Gasteiger partial charge is 0.339 e. The Morgan fingerprint density at radius 2 is 1.61 bits per heavy atom. The molecule has 1 aromatic heterocycles. The normalized spacial score (nSPS) is 14.4. The number of hydrazone groups is 1. The highest BCUT2D eigenvalue weighted by atomic mass is 35.5. The van der Waals surface area contributed by atoms with Gasteiger partial charge in [0.25, 0.3) is 5.91 Å². The Morgan fingerprint density at radius 3 is 2.26 bits per heavy atom. The van der Waals surface area contributed by atoms with Crippen LogP contribution in [0.1, 0.15) is 61.1 Å². The van der Waals surface area contributed by atoms with Crippen molar-refractivity contribution in [3.63, 3.8) is 0 Å². The van der Waals surface area contributed by atoms with Crippen LogP contribution in [0.4, 0.5) is 5.69 Å². The third-order valence-electron chi connectivity index (χ3n) is 5.48. The lowest BCUT2D eigenvalue weighted by Crippen LogP contribution is -2.22. The van der Waals surface area contributed by atoms with Gasteiger partial charge in [0.2, 0.25) is 0 Å². The van der Waals surface area contributed by atoms with Gasteiger partial charge in [-0.3, -0.25) is 4.79 Å². The van der Waals surface area contributed by atoms with Gasteiger partial charge in [-0.1, -0.05) is 23.7 Å². The average molecular weight is 535 g/mol. The number of esters is 2. The van der Waals surface area contributed by atoms with Crippen LogP contribution in [0, 0.1) is 0 Å². The van der Waals surface area contributed by atoms with Crippen LogP contribution in [0.25, 0.3) is 17.4 Å². The van der Waals surface area contributed by atoms with E-state index >= 15 is 0 Å². The molecule has 9 heteroatoms. The first kappa shape index (κ1) is 26.9. The van der Waals surface area contributed by atoms with Crippen LogP contribution < -0.4 is 5.01 Å². The van der Waals surface area contributed by atoms with Gasteiger partial charge in [-0.15, -0.1) is 0 Å². The van der Waals surface area contributed by atoms with Crippen molar-refractivity contribution in [3.8, 4) is 11.3 Å². The van der Waals surface area contributed by atoms with Crippen LogP contribution in [0.5, 0.6) is 0 Å². The van der Waals surface area contributed by atoms with E-state index in [9.17, 15) is 14.4 Å². The van der Waals surface area contributed by atoms with Crippen molar-refractivity contribution in [3.05, 3.63) is 82.1 Å². The number of carbonyl (C=O) groups excluding carboxylic acids is 3. The average Bonchev–Trinajstić information content (AvgIpc) is 3.44. The van der Waals surface area contributed by atoms with Crippen molar-refractivity contribution in [2.75, 3.05) is 5.01 Å². The molecule has 4 rings (SSSR count). The summed E-state index contributed by atoms with van der Waals surface area (Å²) in [6, 6.07) is 15.0. The van der Waals surface area contributed by atoms with E-state index in [1.165, 1.54) is 17.1 Å². The van der Waals surface area contributed by atoms with Crippen molar-refractivity contribution < 1.29 is 28.3 Å². The number of furan rings is 1. The summed E-state index contributed by atoms with van der Waals surface area (Å²) >= 11 is 6.19. The minimum atomic E-state index is -0.581. The quantitative estimate of drug-likeness (QED) is 0.252. The van der Waals surface area contributed by atoms with Gasteiger partial charge in [0.1, 0.15) is 11.5 Å².